The van der Waals surface area contributed by atoms with E-state index in [4.69, 9.17) is 0 Å². The Bertz CT molecular complexity index is 183. The van der Waals surface area contributed by atoms with Gasteiger partial charge in [0.15, 0.2) is 0 Å². The molecule has 0 amide bonds. The van der Waals surface area contributed by atoms with E-state index in [1.54, 1.807) is 0 Å². The van der Waals surface area contributed by atoms with E-state index in [1.165, 1.54) is 30.9 Å². The molecule has 1 unspecified atom stereocenters. The molecule has 16 heavy (non-hydrogen) atoms. The third-order valence-electron chi connectivity index (χ3n) is 3.22. The van der Waals surface area contributed by atoms with Crippen LogP contribution in [0.25, 0.3) is 0 Å². The Balaban J connectivity index is 1.98. The number of hydrogen-bond acceptors (Lipinski definition) is 3. The molecule has 0 spiro atoms. The fraction of sp³-hybridized carbons (Fsp3) is 1.00. The zero-order chi connectivity index (χ0) is 12.0. The topological polar surface area (TPSA) is 15.3 Å². The second-order valence-electron chi connectivity index (χ2n) is 6.06. The summed E-state index contributed by atoms with van der Waals surface area (Å²) in [7, 11) is 2.27. The van der Waals surface area contributed by atoms with Crippen molar-refractivity contribution in [3.63, 3.8) is 0 Å². The highest BCUT2D eigenvalue weighted by atomic mass is 32.2. The summed E-state index contributed by atoms with van der Waals surface area (Å²) in [5.74, 6) is 2.69. The van der Waals surface area contributed by atoms with Gasteiger partial charge in [-0.1, -0.05) is 20.8 Å². The predicted molar refractivity (Wildman–Crippen MR) is 75.3 cm³/mol. The van der Waals surface area contributed by atoms with E-state index in [1.807, 2.05) is 0 Å². The van der Waals surface area contributed by atoms with Crippen LogP contribution in [0.4, 0.5) is 0 Å². The first-order chi connectivity index (χ1) is 7.49. The van der Waals surface area contributed by atoms with Crippen LogP contribution < -0.4 is 5.32 Å². The maximum atomic E-state index is 3.55. The summed E-state index contributed by atoms with van der Waals surface area (Å²) in [5.41, 5.74) is 0.459. The summed E-state index contributed by atoms with van der Waals surface area (Å²) >= 11 is 2.10. The van der Waals surface area contributed by atoms with Crippen molar-refractivity contribution >= 4 is 11.8 Å². The van der Waals surface area contributed by atoms with Crippen LogP contribution in [-0.2, 0) is 0 Å². The fourth-order valence-electron chi connectivity index (χ4n) is 1.90. The lowest BCUT2D eigenvalue weighted by Crippen LogP contribution is -2.37. The number of hydrogen-bond donors (Lipinski definition) is 1. The van der Waals surface area contributed by atoms with Crippen molar-refractivity contribution < 1.29 is 0 Å². The summed E-state index contributed by atoms with van der Waals surface area (Å²) < 4.78 is 0. The second-order valence-corrected chi connectivity index (χ2v) is 7.21. The average Bonchev–Trinajstić information content (AvgIpc) is 2.67. The van der Waals surface area contributed by atoms with Crippen molar-refractivity contribution in [3.05, 3.63) is 0 Å². The van der Waals surface area contributed by atoms with Crippen molar-refractivity contribution in [1.82, 2.24) is 10.2 Å². The number of rotatable bonds is 6. The van der Waals surface area contributed by atoms with E-state index in [0.717, 1.165) is 19.1 Å². The van der Waals surface area contributed by atoms with Gasteiger partial charge in [-0.15, -0.1) is 0 Å². The SMILES string of the molecule is CN(CCNCCC(C)(C)C)C1CCSC1. The largest absolute Gasteiger partial charge is 0.315 e. The van der Waals surface area contributed by atoms with Gasteiger partial charge in [0, 0.05) is 24.9 Å². The molecule has 0 radical (unpaired) electrons. The molecular weight excluding hydrogens is 216 g/mol. The van der Waals surface area contributed by atoms with Crippen LogP contribution in [0.3, 0.4) is 0 Å². The van der Waals surface area contributed by atoms with E-state index in [2.05, 4.69) is 49.8 Å². The average molecular weight is 244 g/mol. The van der Waals surface area contributed by atoms with Gasteiger partial charge in [0.1, 0.15) is 0 Å². The van der Waals surface area contributed by atoms with Crippen LogP contribution in [0.15, 0.2) is 0 Å². The molecule has 0 aromatic heterocycles. The lowest BCUT2D eigenvalue weighted by Gasteiger charge is -2.24. The summed E-state index contributed by atoms with van der Waals surface area (Å²) in [6.45, 7) is 10.4. The lowest BCUT2D eigenvalue weighted by atomic mass is 9.92. The maximum absolute atomic E-state index is 3.55. The van der Waals surface area contributed by atoms with Crippen molar-refractivity contribution in [2.45, 2.75) is 39.7 Å². The Morgan fingerprint density at radius 3 is 2.62 bits per heavy atom. The van der Waals surface area contributed by atoms with Crippen LogP contribution in [0.1, 0.15) is 33.6 Å². The fourth-order valence-corrected chi connectivity index (χ4v) is 3.19. The molecule has 0 aliphatic carbocycles. The first-order valence-corrected chi connectivity index (χ1v) is 7.63. The minimum Gasteiger partial charge on any atom is -0.315 e. The Morgan fingerprint density at radius 2 is 2.06 bits per heavy atom. The van der Waals surface area contributed by atoms with Gasteiger partial charge in [-0.25, -0.2) is 0 Å². The Kier molecular flexibility index (Phi) is 6.16. The quantitative estimate of drug-likeness (QED) is 0.723. The van der Waals surface area contributed by atoms with Crippen LogP contribution in [-0.4, -0.2) is 49.1 Å². The molecule has 96 valence electrons. The Labute approximate surface area is 106 Å². The van der Waals surface area contributed by atoms with E-state index in [0.29, 0.717) is 5.41 Å². The van der Waals surface area contributed by atoms with E-state index >= 15 is 0 Å². The molecule has 0 saturated carbocycles. The van der Waals surface area contributed by atoms with E-state index < -0.39 is 0 Å². The standard InChI is InChI=1S/C13H28N2S/c1-13(2,3)6-7-14-8-9-15(4)12-5-10-16-11-12/h12,14H,5-11H2,1-4H3. The zero-order valence-corrected chi connectivity index (χ0v) is 12.2. The molecule has 1 aliphatic heterocycles. The smallest absolute Gasteiger partial charge is 0.0191 e. The van der Waals surface area contributed by atoms with Crippen LogP contribution in [0, 0.1) is 5.41 Å². The van der Waals surface area contributed by atoms with Gasteiger partial charge in [0.2, 0.25) is 0 Å². The molecule has 1 N–H and O–H groups in total. The van der Waals surface area contributed by atoms with Crippen molar-refractivity contribution in [1.29, 1.82) is 0 Å². The minimum atomic E-state index is 0.459. The normalized spacial score (nSPS) is 21.9. The predicted octanol–water partition coefficient (Wildman–Crippen LogP) is 2.45. The van der Waals surface area contributed by atoms with E-state index in [9.17, 15) is 0 Å². The van der Waals surface area contributed by atoms with Gasteiger partial charge in [-0.3, -0.25) is 0 Å². The summed E-state index contributed by atoms with van der Waals surface area (Å²) in [6, 6.07) is 0.828. The van der Waals surface area contributed by atoms with Gasteiger partial charge in [0.25, 0.3) is 0 Å². The van der Waals surface area contributed by atoms with Gasteiger partial charge < -0.3 is 10.2 Å². The highest BCUT2D eigenvalue weighted by Crippen LogP contribution is 2.20. The summed E-state index contributed by atoms with van der Waals surface area (Å²) in [4.78, 5) is 2.52. The first kappa shape index (κ1) is 14.3. The molecule has 1 fully saturated rings. The molecule has 0 aromatic carbocycles. The molecule has 3 heteroatoms. The van der Waals surface area contributed by atoms with Crippen molar-refractivity contribution in [2.24, 2.45) is 5.41 Å². The molecule has 0 aromatic rings. The second kappa shape index (κ2) is 6.87. The minimum absolute atomic E-state index is 0.459. The maximum Gasteiger partial charge on any atom is 0.0191 e. The Hall–Kier alpha value is 0.270. The molecule has 1 saturated heterocycles. The summed E-state index contributed by atoms with van der Waals surface area (Å²) in [6.07, 6.45) is 2.64. The van der Waals surface area contributed by atoms with Crippen LogP contribution >= 0.6 is 11.8 Å². The van der Waals surface area contributed by atoms with Crippen molar-refractivity contribution in [3.8, 4) is 0 Å². The molecule has 1 heterocycles. The number of thioether (sulfide) groups is 1. The Morgan fingerprint density at radius 1 is 1.31 bits per heavy atom. The lowest BCUT2D eigenvalue weighted by molar-refractivity contribution is 0.259. The summed E-state index contributed by atoms with van der Waals surface area (Å²) in [5, 5.41) is 3.55. The van der Waals surface area contributed by atoms with Gasteiger partial charge in [-0.05, 0) is 37.6 Å². The van der Waals surface area contributed by atoms with Crippen LogP contribution in [0.2, 0.25) is 0 Å². The molecule has 0 bridgehead atoms. The van der Waals surface area contributed by atoms with E-state index in [-0.39, 0.29) is 0 Å². The first-order valence-electron chi connectivity index (χ1n) is 6.48. The number of nitrogens with one attached hydrogen (secondary N) is 1. The third kappa shape index (κ3) is 6.12. The number of nitrogens with zero attached hydrogens (tertiary/aromatic N) is 1. The van der Waals surface area contributed by atoms with Gasteiger partial charge in [0.05, 0.1) is 0 Å². The van der Waals surface area contributed by atoms with Gasteiger partial charge >= 0.3 is 0 Å². The molecule has 1 atom stereocenters. The highest BCUT2D eigenvalue weighted by molar-refractivity contribution is 7.99. The van der Waals surface area contributed by atoms with Crippen LogP contribution in [0.5, 0.6) is 0 Å². The molecule has 1 rings (SSSR count). The third-order valence-corrected chi connectivity index (χ3v) is 4.37. The number of likely N-dealkylation sites (N-methyl/N-ethyl adjacent to an activating group) is 1. The van der Waals surface area contributed by atoms with Gasteiger partial charge in [-0.2, -0.15) is 11.8 Å². The molecule has 1 aliphatic rings. The molecule has 2 nitrogen and oxygen atoms in total. The zero-order valence-electron chi connectivity index (χ0n) is 11.4. The monoisotopic (exact) mass is 244 g/mol. The highest BCUT2D eigenvalue weighted by Gasteiger charge is 2.19. The van der Waals surface area contributed by atoms with Crippen molar-refractivity contribution in [2.75, 3.05) is 38.2 Å². The molecular formula is C13H28N2S.